The maximum Gasteiger partial charge on any atom is 0.261 e. The molecule has 0 unspecified atom stereocenters. The molecule has 0 atom stereocenters. The van der Waals surface area contributed by atoms with E-state index in [2.05, 4.69) is 0 Å². The minimum absolute atomic E-state index is 0.153. The molecule has 16 heteroatoms. The molecule has 8 nitrogen and oxygen atoms in total. The smallest absolute Gasteiger partial charge is 0.207 e. The summed E-state index contributed by atoms with van der Waals surface area (Å²) in [6.07, 6.45) is 0. The molecule has 0 N–H and O–H groups in total. The fourth-order valence-electron chi connectivity index (χ4n) is 4.51. The van der Waals surface area contributed by atoms with E-state index in [-0.39, 0.29) is 19.6 Å². The van der Waals surface area contributed by atoms with Crippen LogP contribution in [0.2, 0.25) is 0 Å². The summed E-state index contributed by atoms with van der Waals surface area (Å²) in [5, 5.41) is 0. The average molecular weight is 729 g/mol. The van der Waals surface area contributed by atoms with Gasteiger partial charge in [0.25, 0.3) is 36.2 Å². The van der Waals surface area contributed by atoms with E-state index >= 15 is 0 Å². The van der Waals surface area contributed by atoms with Crippen molar-refractivity contribution < 1.29 is 33.7 Å². The molecule has 0 saturated carbocycles. The van der Waals surface area contributed by atoms with Gasteiger partial charge in [0.05, 0.1) is 19.6 Å². The standard InChI is InChI=1S/C26H18Cl4O8S4/c27-39(31,32)21-9-1-17(2-10-21)25(18-3-11-22(12-4-18)40(28,33)34)26(19-5-13-23(14-6-19)41(29,35)36)20-7-15-24(16-8-20)42(30,37)38/h1-16,25-26H. The van der Waals surface area contributed by atoms with Crippen LogP contribution in [0.25, 0.3) is 0 Å². The van der Waals surface area contributed by atoms with Gasteiger partial charge in [-0.1, -0.05) is 48.5 Å². The van der Waals surface area contributed by atoms with Crippen molar-refractivity contribution in [2.45, 2.75) is 31.4 Å². The number of halogens is 4. The predicted octanol–water partition coefficient (Wildman–Crippen LogP) is 6.36. The molecular formula is C26H18Cl4O8S4. The summed E-state index contributed by atoms with van der Waals surface area (Å²) in [4.78, 5) is -0.611. The van der Waals surface area contributed by atoms with Crippen molar-refractivity contribution in [2.24, 2.45) is 0 Å². The molecule has 4 aromatic carbocycles. The molecule has 42 heavy (non-hydrogen) atoms. The van der Waals surface area contributed by atoms with E-state index in [0.717, 1.165) is 0 Å². The van der Waals surface area contributed by atoms with E-state index in [1.807, 2.05) is 0 Å². The molecule has 222 valence electrons. The van der Waals surface area contributed by atoms with Crippen molar-refractivity contribution in [3.63, 3.8) is 0 Å². The normalized spacial score (nSPS) is 13.0. The lowest BCUT2D eigenvalue weighted by Crippen LogP contribution is -2.15. The highest BCUT2D eigenvalue weighted by Gasteiger charge is 2.30. The van der Waals surface area contributed by atoms with Crippen LogP contribution < -0.4 is 0 Å². The van der Waals surface area contributed by atoms with Crippen LogP contribution in [0.1, 0.15) is 34.1 Å². The minimum atomic E-state index is -4.04. The van der Waals surface area contributed by atoms with Crippen molar-refractivity contribution >= 4 is 78.9 Å². The van der Waals surface area contributed by atoms with Crippen molar-refractivity contribution in [3.05, 3.63) is 119 Å². The van der Waals surface area contributed by atoms with Crippen molar-refractivity contribution in [2.75, 3.05) is 0 Å². The first-order valence-corrected chi connectivity index (χ1v) is 20.8. The number of benzene rings is 4. The second-order valence-electron chi connectivity index (χ2n) is 8.98. The highest BCUT2D eigenvalue weighted by atomic mass is 35.7. The highest BCUT2D eigenvalue weighted by Crippen LogP contribution is 2.44. The van der Waals surface area contributed by atoms with Crippen LogP contribution in [0.5, 0.6) is 0 Å². The Morgan fingerprint density at radius 1 is 0.310 bits per heavy atom. The topological polar surface area (TPSA) is 137 Å². The highest BCUT2D eigenvalue weighted by molar-refractivity contribution is 8.14. The molecule has 4 aromatic rings. The molecule has 0 heterocycles. The Labute approximate surface area is 261 Å². The molecule has 0 spiro atoms. The first kappa shape index (κ1) is 32.7. The molecule has 0 saturated heterocycles. The van der Waals surface area contributed by atoms with Gasteiger partial charge in [-0.05, 0) is 70.8 Å². The van der Waals surface area contributed by atoms with Gasteiger partial charge in [0.1, 0.15) is 0 Å². The number of hydrogen-bond donors (Lipinski definition) is 0. The van der Waals surface area contributed by atoms with Gasteiger partial charge in [-0.3, -0.25) is 0 Å². The van der Waals surface area contributed by atoms with Crippen LogP contribution in [0.3, 0.4) is 0 Å². The van der Waals surface area contributed by atoms with Gasteiger partial charge < -0.3 is 0 Å². The monoisotopic (exact) mass is 726 g/mol. The van der Waals surface area contributed by atoms with Crippen LogP contribution in [0, 0.1) is 0 Å². The SMILES string of the molecule is O=S(=O)(Cl)c1ccc(C(c2ccc(S(=O)(=O)Cl)cc2)C(c2ccc(S(=O)(=O)Cl)cc2)c2ccc(S(=O)(=O)Cl)cc2)cc1. The van der Waals surface area contributed by atoms with E-state index in [1.54, 1.807) is 0 Å². The maximum atomic E-state index is 11.9. The van der Waals surface area contributed by atoms with E-state index in [4.69, 9.17) is 42.7 Å². The quantitative estimate of drug-likeness (QED) is 0.182. The average Bonchev–Trinajstić information content (AvgIpc) is 2.90. The molecule has 0 aliphatic heterocycles. The van der Waals surface area contributed by atoms with Crippen LogP contribution in [-0.2, 0) is 36.2 Å². The molecular weight excluding hydrogens is 710 g/mol. The van der Waals surface area contributed by atoms with Crippen molar-refractivity contribution in [1.29, 1.82) is 0 Å². The zero-order valence-electron chi connectivity index (χ0n) is 20.8. The molecule has 0 aromatic heterocycles. The van der Waals surface area contributed by atoms with Gasteiger partial charge >= 0.3 is 0 Å². The fourth-order valence-corrected chi connectivity index (χ4v) is 7.58. The second-order valence-corrected chi connectivity index (χ2v) is 19.2. The van der Waals surface area contributed by atoms with E-state index < -0.39 is 48.0 Å². The summed E-state index contributed by atoms with van der Waals surface area (Å²) in [6.45, 7) is 0. The van der Waals surface area contributed by atoms with Gasteiger partial charge in [-0.2, -0.15) is 0 Å². The largest absolute Gasteiger partial charge is 0.261 e. The first-order chi connectivity index (χ1) is 19.4. The molecule has 0 radical (unpaired) electrons. The summed E-state index contributed by atoms with van der Waals surface area (Å²) in [7, 11) is 5.87. The number of hydrogen-bond acceptors (Lipinski definition) is 8. The Morgan fingerprint density at radius 3 is 0.571 bits per heavy atom. The molecule has 4 rings (SSSR count). The third-order valence-electron chi connectivity index (χ3n) is 6.42. The molecule has 0 aliphatic carbocycles. The molecule has 0 fully saturated rings. The lowest BCUT2D eigenvalue weighted by molar-refractivity contribution is 0.607. The number of rotatable bonds is 9. The van der Waals surface area contributed by atoms with Gasteiger partial charge in [-0.15, -0.1) is 0 Å². The lowest BCUT2D eigenvalue weighted by Gasteiger charge is -2.30. The van der Waals surface area contributed by atoms with Crippen LogP contribution in [0.4, 0.5) is 0 Å². The summed E-state index contributed by atoms with van der Waals surface area (Å²) in [6, 6.07) is 22.8. The fraction of sp³-hybridized carbons (Fsp3) is 0.0769. The van der Waals surface area contributed by atoms with Crippen molar-refractivity contribution in [1.82, 2.24) is 0 Å². The van der Waals surface area contributed by atoms with E-state index in [9.17, 15) is 33.7 Å². The lowest BCUT2D eigenvalue weighted by atomic mass is 9.74. The van der Waals surface area contributed by atoms with E-state index in [0.29, 0.717) is 22.3 Å². The third kappa shape index (κ3) is 7.67. The summed E-state index contributed by atoms with van der Waals surface area (Å²) >= 11 is 0. The van der Waals surface area contributed by atoms with Crippen LogP contribution in [0.15, 0.2) is 117 Å². The molecule has 0 aliphatic rings. The zero-order chi connectivity index (χ0) is 31.1. The first-order valence-electron chi connectivity index (χ1n) is 11.5. The van der Waals surface area contributed by atoms with Crippen molar-refractivity contribution in [3.8, 4) is 0 Å². The minimum Gasteiger partial charge on any atom is -0.207 e. The maximum absolute atomic E-state index is 11.9. The molecule has 0 bridgehead atoms. The summed E-state index contributed by atoms with van der Waals surface area (Å²) in [5.74, 6) is -1.33. The zero-order valence-corrected chi connectivity index (χ0v) is 27.1. The summed E-state index contributed by atoms with van der Waals surface area (Å²) < 4.78 is 95.2. The molecule has 0 amide bonds. The Morgan fingerprint density at radius 2 is 0.452 bits per heavy atom. The van der Waals surface area contributed by atoms with Gasteiger partial charge in [-0.25, -0.2) is 33.7 Å². The van der Waals surface area contributed by atoms with Gasteiger partial charge in [0.15, 0.2) is 0 Å². The Hall–Kier alpha value is -2.16. The second kappa shape index (κ2) is 12.1. The third-order valence-corrected chi connectivity index (χ3v) is 11.9. The Kier molecular flexibility index (Phi) is 9.42. The Balaban J connectivity index is 2.00. The van der Waals surface area contributed by atoms with Crippen LogP contribution in [-0.4, -0.2) is 33.7 Å². The predicted molar refractivity (Wildman–Crippen MR) is 162 cm³/mol. The van der Waals surface area contributed by atoms with Gasteiger partial charge in [0, 0.05) is 54.6 Å². The van der Waals surface area contributed by atoms with Crippen LogP contribution >= 0.6 is 42.7 Å². The van der Waals surface area contributed by atoms with E-state index in [1.165, 1.54) is 97.1 Å². The summed E-state index contributed by atoms with van der Waals surface area (Å²) in [5.41, 5.74) is 2.25. The van der Waals surface area contributed by atoms with Gasteiger partial charge in [0.2, 0.25) is 0 Å². The Bertz CT molecular complexity index is 1740.